The second-order valence-corrected chi connectivity index (χ2v) is 9.23. The van der Waals surface area contributed by atoms with Crippen LogP contribution < -0.4 is 5.32 Å². The minimum atomic E-state index is -0.328. The third-order valence-electron chi connectivity index (χ3n) is 6.63. The summed E-state index contributed by atoms with van der Waals surface area (Å²) in [5, 5.41) is 3.87. The molecule has 0 bridgehead atoms. The van der Waals surface area contributed by atoms with Crippen molar-refractivity contribution in [2.45, 2.75) is 64.8 Å². The number of aromatic nitrogens is 3. The number of H-pyrrole nitrogens is 2. The largest absolute Gasteiger partial charge is 0.356 e. The lowest BCUT2D eigenvalue weighted by molar-refractivity contribution is -0.121. The van der Waals surface area contributed by atoms with Gasteiger partial charge in [-0.1, -0.05) is 62.2 Å². The van der Waals surface area contributed by atoms with Gasteiger partial charge in [0.05, 0.1) is 29.9 Å². The van der Waals surface area contributed by atoms with Gasteiger partial charge in [0, 0.05) is 23.9 Å². The van der Waals surface area contributed by atoms with Crippen molar-refractivity contribution >= 4 is 22.6 Å². The zero-order valence-electron chi connectivity index (χ0n) is 20.9. The number of carbonyl (C=O) groups is 2. The van der Waals surface area contributed by atoms with Crippen LogP contribution in [-0.4, -0.2) is 26.6 Å². The Labute approximate surface area is 210 Å². The van der Waals surface area contributed by atoms with Crippen LogP contribution in [-0.2, 0) is 16.0 Å². The fraction of sp³-hybridized carbons (Fsp3) is 0.345. The molecule has 0 aliphatic carbocycles. The Morgan fingerprint density at radius 2 is 1.83 bits per heavy atom. The fourth-order valence-corrected chi connectivity index (χ4v) is 4.58. The third kappa shape index (κ3) is 6.08. The number of hydrogen-bond acceptors (Lipinski definition) is 3. The van der Waals surface area contributed by atoms with Crippen LogP contribution in [0.2, 0.25) is 0 Å². The van der Waals surface area contributed by atoms with Crippen LogP contribution in [0, 0.1) is 12.7 Å². The molecule has 7 heteroatoms. The first kappa shape index (κ1) is 25.4. The molecule has 188 valence electrons. The Bertz CT molecular complexity index is 1330. The van der Waals surface area contributed by atoms with Crippen LogP contribution in [0.1, 0.15) is 68.6 Å². The van der Waals surface area contributed by atoms with E-state index in [1.807, 2.05) is 50.2 Å². The maximum atomic E-state index is 14.2. The van der Waals surface area contributed by atoms with E-state index in [1.165, 1.54) is 6.07 Å². The number of nitrogens with zero attached hydrogens (tertiary/aromatic N) is 1. The van der Waals surface area contributed by atoms with Crippen molar-refractivity contribution in [1.29, 1.82) is 0 Å². The van der Waals surface area contributed by atoms with Gasteiger partial charge in [-0.25, -0.2) is 9.37 Å². The van der Waals surface area contributed by atoms with E-state index in [2.05, 4.69) is 20.3 Å². The number of ketones is 1. The van der Waals surface area contributed by atoms with Gasteiger partial charge in [0.1, 0.15) is 17.4 Å². The predicted molar refractivity (Wildman–Crippen MR) is 140 cm³/mol. The van der Waals surface area contributed by atoms with E-state index in [0.717, 1.165) is 47.2 Å². The van der Waals surface area contributed by atoms with Crippen LogP contribution in [0.25, 0.3) is 22.2 Å². The van der Waals surface area contributed by atoms with Gasteiger partial charge >= 0.3 is 0 Å². The van der Waals surface area contributed by atoms with Crippen molar-refractivity contribution < 1.29 is 14.0 Å². The summed E-state index contributed by atoms with van der Waals surface area (Å²) in [6.45, 7) is 3.74. The fourth-order valence-electron chi connectivity index (χ4n) is 4.58. The molecule has 2 aromatic carbocycles. The molecule has 6 nitrogen and oxygen atoms in total. The number of benzene rings is 2. The van der Waals surface area contributed by atoms with Gasteiger partial charge in [0.15, 0.2) is 0 Å². The summed E-state index contributed by atoms with van der Waals surface area (Å²) in [5.74, 6) is 0.509. The number of amides is 1. The number of Topliss-reactive ketones (excluding diaryl/α,β-unsaturated/α-hetero) is 1. The van der Waals surface area contributed by atoms with Crippen LogP contribution in [0.4, 0.5) is 4.39 Å². The summed E-state index contributed by atoms with van der Waals surface area (Å²) in [7, 11) is 0. The van der Waals surface area contributed by atoms with E-state index in [4.69, 9.17) is 0 Å². The van der Waals surface area contributed by atoms with Crippen LogP contribution in [0.3, 0.4) is 0 Å². The summed E-state index contributed by atoms with van der Waals surface area (Å²) >= 11 is 0. The zero-order chi connectivity index (χ0) is 25.5. The average molecular weight is 489 g/mol. The maximum Gasteiger partial charge on any atom is 0.225 e. The normalized spacial score (nSPS) is 12.1. The number of aryl methyl sites for hydroxylation is 1. The number of carbonyl (C=O) groups excluding carboxylic acids is 2. The number of aromatic amines is 2. The molecule has 4 rings (SSSR count). The number of fused-ring (bicyclic) bond motifs is 1. The topological polar surface area (TPSA) is 90.6 Å². The number of hydrogen-bond donors (Lipinski definition) is 3. The first-order valence-corrected chi connectivity index (χ1v) is 12.6. The molecular weight excluding hydrogens is 455 g/mol. The molecule has 0 aliphatic rings. The van der Waals surface area contributed by atoms with E-state index in [1.54, 1.807) is 12.3 Å². The second-order valence-electron chi connectivity index (χ2n) is 9.23. The van der Waals surface area contributed by atoms with Gasteiger partial charge in [0.25, 0.3) is 0 Å². The molecule has 0 fully saturated rings. The van der Waals surface area contributed by atoms with Gasteiger partial charge in [-0.3, -0.25) is 9.59 Å². The van der Waals surface area contributed by atoms with Gasteiger partial charge in [-0.2, -0.15) is 0 Å². The minimum Gasteiger partial charge on any atom is -0.356 e. The Morgan fingerprint density at radius 3 is 2.61 bits per heavy atom. The molecule has 0 radical (unpaired) electrons. The van der Waals surface area contributed by atoms with Crippen molar-refractivity contribution in [2.75, 3.05) is 0 Å². The lowest BCUT2D eigenvalue weighted by Crippen LogP contribution is -2.30. The molecule has 36 heavy (non-hydrogen) atoms. The standard InChI is InChI=1S/C29H33FN4O2/c1-3-21(35)13-8-5-9-16-25(29-31-18-26(34-29)20-11-6-4-7-12-20)33-27(36)17-23-19(2)32-28-22(23)14-10-15-24(28)30/h4,6-7,10-12,14-15,18,25,32H,3,5,8-9,13,16-17H2,1-2H3,(H,31,34)(H,33,36)/t25-/m0/s1. The molecule has 4 aromatic rings. The molecule has 1 amide bonds. The van der Waals surface area contributed by atoms with Crippen molar-refractivity contribution in [3.8, 4) is 11.3 Å². The van der Waals surface area contributed by atoms with Crippen molar-refractivity contribution in [2.24, 2.45) is 0 Å². The molecule has 0 spiro atoms. The molecule has 0 unspecified atom stereocenters. The average Bonchev–Trinajstić information content (AvgIpc) is 3.50. The summed E-state index contributed by atoms with van der Waals surface area (Å²) in [6, 6.07) is 14.5. The van der Waals surface area contributed by atoms with Crippen LogP contribution in [0.5, 0.6) is 0 Å². The number of unbranched alkanes of at least 4 members (excludes halogenated alkanes) is 2. The third-order valence-corrected chi connectivity index (χ3v) is 6.63. The summed E-state index contributed by atoms with van der Waals surface area (Å²) in [6.07, 6.45) is 6.43. The molecule has 2 heterocycles. The number of imidazole rings is 1. The van der Waals surface area contributed by atoms with E-state index in [0.29, 0.717) is 30.6 Å². The molecule has 2 aromatic heterocycles. The molecule has 1 atom stereocenters. The Hall–Kier alpha value is -3.74. The monoisotopic (exact) mass is 488 g/mol. The van der Waals surface area contributed by atoms with Crippen LogP contribution in [0.15, 0.2) is 54.7 Å². The number of para-hydroxylation sites is 1. The van der Waals surface area contributed by atoms with E-state index in [-0.39, 0.29) is 30.0 Å². The highest BCUT2D eigenvalue weighted by Crippen LogP contribution is 2.26. The lowest BCUT2D eigenvalue weighted by Gasteiger charge is -2.17. The summed E-state index contributed by atoms with van der Waals surface area (Å²) in [4.78, 5) is 35.8. The lowest BCUT2D eigenvalue weighted by atomic mass is 10.0. The molecule has 0 saturated heterocycles. The Kier molecular flexibility index (Phi) is 8.31. The van der Waals surface area contributed by atoms with Gasteiger partial charge in [-0.05, 0) is 37.0 Å². The minimum absolute atomic E-state index is 0.142. The highest BCUT2D eigenvalue weighted by molar-refractivity contribution is 5.90. The highest BCUT2D eigenvalue weighted by atomic mass is 19.1. The molecular formula is C29H33FN4O2. The molecule has 3 N–H and O–H groups in total. The predicted octanol–water partition coefficient (Wildman–Crippen LogP) is 6.34. The quantitative estimate of drug-likeness (QED) is 0.203. The van der Waals surface area contributed by atoms with Crippen molar-refractivity contribution in [3.63, 3.8) is 0 Å². The zero-order valence-corrected chi connectivity index (χ0v) is 20.9. The van der Waals surface area contributed by atoms with Gasteiger partial charge in [0.2, 0.25) is 5.91 Å². The first-order valence-electron chi connectivity index (χ1n) is 12.6. The van der Waals surface area contributed by atoms with Crippen LogP contribution >= 0.6 is 0 Å². The Balaban J connectivity index is 1.48. The summed E-state index contributed by atoms with van der Waals surface area (Å²) < 4.78 is 14.2. The smallest absolute Gasteiger partial charge is 0.225 e. The second kappa shape index (κ2) is 11.8. The number of nitrogens with one attached hydrogen (secondary N) is 3. The maximum absolute atomic E-state index is 14.2. The first-order chi connectivity index (χ1) is 17.5. The van der Waals surface area contributed by atoms with E-state index in [9.17, 15) is 14.0 Å². The molecule has 0 aliphatic heterocycles. The van der Waals surface area contributed by atoms with Gasteiger partial charge < -0.3 is 15.3 Å². The van der Waals surface area contributed by atoms with E-state index < -0.39 is 0 Å². The van der Waals surface area contributed by atoms with E-state index >= 15 is 0 Å². The number of halogens is 1. The summed E-state index contributed by atoms with van der Waals surface area (Å²) in [5.41, 5.74) is 3.92. The Morgan fingerprint density at radius 1 is 1.03 bits per heavy atom. The molecule has 0 saturated carbocycles. The van der Waals surface area contributed by atoms with Gasteiger partial charge in [-0.15, -0.1) is 0 Å². The SMILES string of the molecule is CCC(=O)CCCCC[C@H](NC(=O)Cc1c(C)[nH]c2c(F)cccc12)c1ncc(-c2ccccc2)[nH]1. The van der Waals surface area contributed by atoms with Crippen molar-refractivity contribution in [1.82, 2.24) is 20.3 Å². The highest BCUT2D eigenvalue weighted by Gasteiger charge is 2.21. The van der Waals surface area contributed by atoms with Crippen molar-refractivity contribution in [3.05, 3.63) is 77.6 Å². The number of rotatable bonds is 12.